The molecule has 0 N–H and O–H groups in total. The molecule has 0 radical (unpaired) electrons. The normalized spacial score (nSPS) is 11.4. The smallest absolute Gasteiger partial charge is 0.0420 e. The van der Waals surface area contributed by atoms with Crippen molar-refractivity contribution in [1.29, 1.82) is 0 Å². The molecule has 0 aromatic carbocycles. The number of unbranched alkanes of at least 4 members (excludes halogenated alkanes) is 12. The Morgan fingerprint density at radius 3 is 1.15 bits per heavy atom. The van der Waals surface area contributed by atoms with E-state index in [1.165, 1.54) is 103 Å². The third kappa shape index (κ3) is 14.4. The largest absolute Gasteiger partial charge is 0.0654 e. The fourth-order valence-electron chi connectivity index (χ4n) is 3.15. The summed E-state index contributed by atoms with van der Waals surface area (Å²) in [5, 5.41) is 0. The lowest BCUT2D eigenvalue weighted by Gasteiger charge is -2.11. The van der Waals surface area contributed by atoms with Gasteiger partial charge in [-0.05, 0) is 5.92 Å². The zero-order valence-electron chi connectivity index (χ0n) is 14.9. The Morgan fingerprint density at radius 2 is 0.800 bits per heavy atom. The van der Waals surface area contributed by atoms with Crippen LogP contribution < -0.4 is 0 Å². The van der Waals surface area contributed by atoms with Gasteiger partial charge in [-0.1, -0.05) is 124 Å². The lowest BCUT2D eigenvalue weighted by Crippen LogP contribution is -1.96. The van der Waals surface area contributed by atoms with Crippen LogP contribution in [-0.4, -0.2) is 0 Å². The Morgan fingerprint density at radius 1 is 0.450 bits per heavy atom. The van der Waals surface area contributed by atoms with E-state index in [4.69, 9.17) is 0 Å². The Kier molecular flexibility index (Phi) is 17.1. The molecule has 0 aliphatic rings. The molecule has 0 spiro atoms. The van der Waals surface area contributed by atoms with Gasteiger partial charge in [-0.2, -0.15) is 0 Å². The van der Waals surface area contributed by atoms with Crippen molar-refractivity contribution in [2.45, 2.75) is 124 Å². The summed E-state index contributed by atoms with van der Waals surface area (Å²) in [6.07, 6.45) is 23.3. The predicted octanol–water partition coefficient (Wildman–Crippen LogP) is 7.90. The van der Waals surface area contributed by atoms with E-state index in [1.807, 2.05) is 0 Å². The lowest BCUT2D eigenvalue weighted by atomic mass is 9.95. The van der Waals surface area contributed by atoms with Crippen molar-refractivity contribution in [3.05, 3.63) is 0 Å². The topological polar surface area (TPSA) is 0 Å². The molecule has 0 aliphatic heterocycles. The Hall–Kier alpha value is 0. The van der Waals surface area contributed by atoms with E-state index < -0.39 is 0 Å². The van der Waals surface area contributed by atoms with Crippen molar-refractivity contribution >= 4 is 0 Å². The van der Waals surface area contributed by atoms with Gasteiger partial charge < -0.3 is 0 Å². The van der Waals surface area contributed by atoms with Crippen molar-refractivity contribution in [2.24, 2.45) is 5.92 Å². The molecule has 0 heteroatoms. The molecule has 0 saturated carbocycles. The van der Waals surface area contributed by atoms with E-state index in [-0.39, 0.29) is 0 Å². The number of rotatable bonds is 16. The fraction of sp³-hybridized carbons (Fsp3) is 1.00. The van der Waals surface area contributed by atoms with Crippen LogP contribution >= 0.6 is 0 Å². The summed E-state index contributed by atoms with van der Waals surface area (Å²) in [5.74, 6) is 1.00. The van der Waals surface area contributed by atoms with Crippen LogP contribution in [0.2, 0.25) is 0 Å². The van der Waals surface area contributed by atoms with Crippen LogP contribution in [0.15, 0.2) is 0 Å². The van der Waals surface area contributed by atoms with Gasteiger partial charge in [0.1, 0.15) is 0 Å². The maximum absolute atomic E-state index is 2.34. The van der Waals surface area contributed by atoms with E-state index in [0.29, 0.717) is 0 Å². The van der Waals surface area contributed by atoms with Crippen LogP contribution in [0.5, 0.6) is 0 Å². The van der Waals surface area contributed by atoms with Crippen LogP contribution in [0, 0.1) is 5.92 Å². The van der Waals surface area contributed by atoms with E-state index in [9.17, 15) is 0 Å². The predicted molar refractivity (Wildman–Crippen MR) is 94.4 cm³/mol. The molecule has 0 rings (SSSR count). The standard InChI is InChI=1S/C20H42/c1-4-7-8-9-10-11-12-13-14-15-16-17-18-19-20(5-2)6-3/h20H,4-19H2,1-3H3. The zero-order valence-corrected chi connectivity index (χ0v) is 14.9. The van der Waals surface area contributed by atoms with Crippen LogP contribution in [0.4, 0.5) is 0 Å². The molecule has 122 valence electrons. The summed E-state index contributed by atoms with van der Waals surface area (Å²) in [6, 6.07) is 0. The van der Waals surface area contributed by atoms with E-state index in [1.54, 1.807) is 0 Å². The van der Waals surface area contributed by atoms with Crippen LogP contribution in [-0.2, 0) is 0 Å². The van der Waals surface area contributed by atoms with E-state index in [2.05, 4.69) is 20.8 Å². The number of hydrogen-bond donors (Lipinski definition) is 0. The van der Waals surface area contributed by atoms with E-state index in [0.717, 1.165) is 5.92 Å². The van der Waals surface area contributed by atoms with Crippen LogP contribution in [0.3, 0.4) is 0 Å². The second-order valence-corrected chi connectivity index (χ2v) is 6.71. The van der Waals surface area contributed by atoms with Gasteiger partial charge >= 0.3 is 0 Å². The Labute approximate surface area is 130 Å². The highest BCUT2D eigenvalue weighted by Gasteiger charge is 2.02. The van der Waals surface area contributed by atoms with Gasteiger partial charge in [0.05, 0.1) is 0 Å². The summed E-state index contributed by atoms with van der Waals surface area (Å²) >= 11 is 0. The third-order valence-corrected chi connectivity index (χ3v) is 4.87. The quantitative estimate of drug-likeness (QED) is 0.252. The van der Waals surface area contributed by atoms with Crippen molar-refractivity contribution < 1.29 is 0 Å². The molecule has 0 amide bonds. The maximum atomic E-state index is 2.34. The molecule has 0 aromatic heterocycles. The molecule has 0 aromatic rings. The van der Waals surface area contributed by atoms with Gasteiger partial charge in [0.25, 0.3) is 0 Å². The highest BCUT2D eigenvalue weighted by atomic mass is 14.1. The zero-order chi connectivity index (χ0) is 14.9. The molecule has 0 heterocycles. The molecule has 0 nitrogen and oxygen atoms in total. The van der Waals surface area contributed by atoms with Crippen molar-refractivity contribution in [3.8, 4) is 0 Å². The average Bonchev–Trinajstić information content (AvgIpc) is 2.48. The van der Waals surface area contributed by atoms with Gasteiger partial charge in [0.2, 0.25) is 0 Å². The molecule has 20 heavy (non-hydrogen) atoms. The maximum Gasteiger partial charge on any atom is -0.0420 e. The first-order valence-corrected chi connectivity index (χ1v) is 9.85. The molecule has 0 fully saturated rings. The van der Waals surface area contributed by atoms with Crippen molar-refractivity contribution in [2.75, 3.05) is 0 Å². The lowest BCUT2D eigenvalue weighted by molar-refractivity contribution is 0.426. The summed E-state index contributed by atoms with van der Waals surface area (Å²) in [6.45, 7) is 6.98. The van der Waals surface area contributed by atoms with Gasteiger partial charge in [0.15, 0.2) is 0 Å². The first-order valence-electron chi connectivity index (χ1n) is 9.85. The first-order chi connectivity index (χ1) is 9.85. The van der Waals surface area contributed by atoms with Crippen molar-refractivity contribution in [3.63, 3.8) is 0 Å². The molecule has 0 bridgehead atoms. The van der Waals surface area contributed by atoms with Gasteiger partial charge in [0, 0.05) is 0 Å². The fourth-order valence-corrected chi connectivity index (χ4v) is 3.15. The Bertz CT molecular complexity index is 157. The second-order valence-electron chi connectivity index (χ2n) is 6.71. The summed E-state index contributed by atoms with van der Waals surface area (Å²) < 4.78 is 0. The number of hydrogen-bond acceptors (Lipinski definition) is 0. The third-order valence-electron chi connectivity index (χ3n) is 4.87. The molecule has 0 aliphatic carbocycles. The average molecular weight is 283 g/mol. The minimum Gasteiger partial charge on any atom is -0.0654 e. The Balaban J connectivity index is 3.02. The van der Waals surface area contributed by atoms with E-state index >= 15 is 0 Å². The first kappa shape index (κ1) is 20.0. The molecule has 0 atom stereocenters. The molecule has 0 unspecified atom stereocenters. The SMILES string of the molecule is CCCCCCCCCCCCCCCC(CC)CC. The van der Waals surface area contributed by atoms with Gasteiger partial charge in [-0.3, -0.25) is 0 Å². The summed E-state index contributed by atoms with van der Waals surface area (Å²) in [7, 11) is 0. The second kappa shape index (κ2) is 17.1. The van der Waals surface area contributed by atoms with Crippen molar-refractivity contribution in [1.82, 2.24) is 0 Å². The molecule has 0 saturated heterocycles. The summed E-state index contributed by atoms with van der Waals surface area (Å²) in [4.78, 5) is 0. The van der Waals surface area contributed by atoms with Gasteiger partial charge in [-0.15, -0.1) is 0 Å². The minimum absolute atomic E-state index is 1.00. The summed E-state index contributed by atoms with van der Waals surface area (Å²) in [5.41, 5.74) is 0. The highest BCUT2D eigenvalue weighted by molar-refractivity contribution is 4.55. The molecular formula is C20H42. The molecular weight excluding hydrogens is 240 g/mol. The minimum atomic E-state index is 1.00. The van der Waals surface area contributed by atoms with Gasteiger partial charge in [-0.25, -0.2) is 0 Å². The monoisotopic (exact) mass is 282 g/mol. The van der Waals surface area contributed by atoms with Crippen LogP contribution in [0.1, 0.15) is 124 Å². The van der Waals surface area contributed by atoms with Crippen LogP contribution in [0.25, 0.3) is 0 Å². The highest BCUT2D eigenvalue weighted by Crippen LogP contribution is 2.18.